The number of nitrogens with one attached hydrogen (secondary N) is 3. The highest BCUT2D eigenvalue weighted by atomic mass is 127. The average Bonchev–Trinajstić information content (AvgIpc) is 2.81. The van der Waals surface area contributed by atoms with Crippen molar-refractivity contribution in [2.75, 3.05) is 39.9 Å². The molecule has 0 radical (unpaired) electrons. The predicted octanol–water partition coefficient (Wildman–Crippen LogP) is 3.56. The van der Waals surface area contributed by atoms with Gasteiger partial charge in [-0.1, -0.05) is 36.4 Å². The highest BCUT2D eigenvalue weighted by molar-refractivity contribution is 14.0. The van der Waals surface area contributed by atoms with Gasteiger partial charge in [0.2, 0.25) is 5.91 Å². The lowest BCUT2D eigenvalue weighted by Gasteiger charge is -2.13. The SMILES string of the molecule is CCNC(=NCC(=O)NCCc1ccccc1)NCCCc1ccc(OC)c(OCC)c1.I. The number of hydrogen-bond donors (Lipinski definition) is 3. The van der Waals surface area contributed by atoms with Crippen LogP contribution in [-0.2, 0) is 17.6 Å². The van der Waals surface area contributed by atoms with Gasteiger partial charge in [0.25, 0.3) is 0 Å². The third kappa shape index (κ3) is 11.3. The average molecular weight is 569 g/mol. The molecule has 2 aromatic carbocycles. The standard InChI is InChI=1S/C25H36N4O3.HI/c1-4-26-25(29-19-24(30)27-17-15-20-10-7-6-8-11-20)28-16-9-12-21-13-14-22(31-3)23(18-21)32-5-2;/h6-8,10-11,13-14,18H,4-5,9,12,15-17,19H2,1-3H3,(H,27,30)(H2,26,28,29);1H. The predicted molar refractivity (Wildman–Crippen MR) is 145 cm³/mol. The second kappa shape index (κ2) is 17.0. The van der Waals surface area contributed by atoms with Crippen molar-refractivity contribution in [3.8, 4) is 11.5 Å². The fourth-order valence-corrected chi connectivity index (χ4v) is 3.18. The van der Waals surface area contributed by atoms with Crippen LogP contribution in [0.3, 0.4) is 0 Å². The van der Waals surface area contributed by atoms with E-state index in [9.17, 15) is 4.79 Å². The van der Waals surface area contributed by atoms with E-state index in [0.717, 1.165) is 43.9 Å². The molecule has 0 spiro atoms. The van der Waals surface area contributed by atoms with Gasteiger partial charge in [0.1, 0.15) is 6.54 Å². The van der Waals surface area contributed by atoms with Crippen LogP contribution in [-0.4, -0.2) is 51.8 Å². The number of methoxy groups -OCH3 is 1. The molecule has 2 rings (SSSR count). The monoisotopic (exact) mass is 568 g/mol. The third-order valence-electron chi connectivity index (χ3n) is 4.77. The molecule has 0 saturated carbocycles. The van der Waals surface area contributed by atoms with E-state index >= 15 is 0 Å². The van der Waals surface area contributed by atoms with E-state index in [0.29, 0.717) is 19.1 Å². The van der Waals surface area contributed by atoms with Gasteiger partial charge >= 0.3 is 0 Å². The van der Waals surface area contributed by atoms with E-state index in [1.807, 2.05) is 44.2 Å². The highest BCUT2D eigenvalue weighted by Crippen LogP contribution is 2.28. The van der Waals surface area contributed by atoms with Gasteiger partial charge in [0.05, 0.1) is 13.7 Å². The van der Waals surface area contributed by atoms with Crippen LogP contribution in [0.4, 0.5) is 0 Å². The topological polar surface area (TPSA) is 84.0 Å². The Morgan fingerprint density at radius 1 is 0.909 bits per heavy atom. The number of hydrogen-bond acceptors (Lipinski definition) is 4. The lowest BCUT2D eigenvalue weighted by atomic mass is 10.1. The summed E-state index contributed by atoms with van der Waals surface area (Å²) in [7, 11) is 1.65. The van der Waals surface area contributed by atoms with Gasteiger partial charge in [0.15, 0.2) is 17.5 Å². The van der Waals surface area contributed by atoms with Crippen molar-refractivity contribution in [3.05, 3.63) is 59.7 Å². The smallest absolute Gasteiger partial charge is 0.241 e. The number of nitrogens with zero attached hydrogens (tertiary/aromatic N) is 1. The first-order valence-electron chi connectivity index (χ1n) is 11.3. The molecule has 8 heteroatoms. The van der Waals surface area contributed by atoms with Crippen LogP contribution in [0.15, 0.2) is 53.5 Å². The Hall–Kier alpha value is -2.49. The van der Waals surface area contributed by atoms with Gasteiger partial charge in [-0.05, 0) is 56.4 Å². The zero-order chi connectivity index (χ0) is 23.0. The van der Waals surface area contributed by atoms with Gasteiger partial charge < -0.3 is 25.4 Å². The molecule has 3 N–H and O–H groups in total. The molecule has 0 aliphatic rings. The van der Waals surface area contributed by atoms with E-state index < -0.39 is 0 Å². The Kier molecular flexibility index (Phi) is 14.7. The van der Waals surface area contributed by atoms with Crippen LogP contribution in [0, 0.1) is 0 Å². The molecule has 0 aromatic heterocycles. The molecule has 0 aliphatic carbocycles. The number of rotatable bonds is 13. The summed E-state index contributed by atoms with van der Waals surface area (Å²) in [6, 6.07) is 16.1. The van der Waals surface area contributed by atoms with Crippen molar-refractivity contribution < 1.29 is 14.3 Å². The number of carbonyl (C=O) groups excluding carboxylic acids is 1. The molecule has 182 valence electrons. The summed E-state index contributed by atoms with van der Waals surface area (Å²) in [5, 5.41) is 9.39. The van der Waals surface area contributed by atoms with Gasteiger partial charge in [0, 0.05) is 19.6 Å². The minimum Gasteiger partial charge on any atom is -0.493 e. The summed E-state index contributed by atoms with van der Waals surface area (Å²) in [6.07, 6.45) is 2.63. The number of aliphatic imine (C=N–C) groups is 1. The molecular formula is C25H37IN4O3. The Bertz CT molecular complexity index is 847. The number of carbonyl (C=O) groups is 1. The number of aryl methyl sites for hydroxylation is 1. The summed E-state index contributed by atoms with van der Waals surface area (Å²) in [5.41, 5.74) is 2.40. The van der Waals surface area contributed by atoms with Crippen molar-refractivity contribution in [2.24, 2.45) is 4.99 Å². The van der Waals surface area contributed by atoms with Crippen molar-refractivity contribution >= 4 is 35.8 Å². The van der Waals surface area contributed by atoms with Crippen LogP contribution in [0.5, 0.6) is 11.5 Å². The van der Waals surface area contributed by atoms with E-state index in [1.54, 1.807) is 7.11 Å². The number of halogens is 1. The molecular weight excluding hydrogens is 531 g/mol. The number of amides is 1. The largest absolute Gasteiger partial charge is 0.493 e. The molecule has 0 saturated heterocycles. The van der Waals surface area contributed by atoms with Crippen molar-refractivity contribution in [2.45, 2.75) is 33.1 Å². The van der Waals surface area contributed by atoms with E-state index in [4.69, 9.17) is 9.47 Å². The number of ether oxygens (including phenoxy) is 2. The van der Waals surface area contributed by atoms with Gasteiger partial charge in [-0.25, -0.2) is 4.99 Å². The lowest BCUT2D eigenvalue weighted by molar-refractivity contribution is -0.119. The van der Waals surface area contributed by atoms with Crippen LogP contribution in [0.1, 0.15) is 31.4 Å². The first kappa shape index (κ1) is 28.5. The first-order chi connectivity index (χ1) is 15.7. The van der Waals surface area contributed by atoms with Crippen molar-refractivity contribution in [3.63, 3.8) is 0 Å². The third-order valence-corrected chi connectivity index (χ3v) is 4.77. The van der Waals surface area contributed by atoms with Crippen molar-refractivity contribution in [1.82, 2.24) is 16.0 Å². The maximum absolute atomic E-state index is 12.1. The van der Waals surface area contributed by atoms with Crippen LogP contribution in [0.2, 0.25) is 0 Å². The van der Waals surface area contributed by atoms with Crippen LogP contribution >= 0.6 is 24.0 Å². The van der Waals surface area contributed by atoms with Gasteiger partial charge in [-0.2, -0.15) is 0 Å². The second-order valence-corrected chi connectivity index (χ2v) is 7.23. The maximum atomic E-state index is 12.1. The summed E-state index contributed by atoms with van der Waals surface area (Å²) in [6.45, 7) is 6.75. The summed E-state index contributed by atoms with van der Waals surface area (Å²) in [5.74, 6) is 2.08. The molecule has 7 nitrogen and oxygen atoms in total. The number of guanidine groups is 1. The van der Waals surface area contributed by atoms with E-state index in [-0.39, 0.29) is 36.4 Å². The minimum atomic E-state index is -0.0835. The van der Waals surface area contributed by atoms with E-state index in [1.165, 1.54) is 11.1 Å². The van der Waals surface area contributed by atoms with Crippen molar-refractivity contribution in [1.29, 1.82) is 0 Å². The minimum absolute atomic E-state index is 0. The fraction of sp³-hybridized carbons (Fsp3) is 0.440. The molecule has 0 heterocycles. The summed E-state index contributed by atoms with van der Waals surface area (Å²) >= 11 is 0. The Morgan fingerprint density at radius 3 is 2.39 bits per heavy atom. The maximum Gasteiger partial charge on any atom is 0.241 e. The zero-order valence-electron chi connectivity index (χ0n) is 19.9. The second-order valence-electron chi connectivity index (χ2n) is 7.23. The Balaban J connectivity index is 0.00000544. The summed E-state index contributed by atoms with van der Waals surface area (Å²) in [4.78, 5) is 16.5. The summed E-state index contributed by atoms with van der Waals surface area (Å²) < 4.78 is 11.0. The van der Waals surface area contributed by atoms with Crippen LogP contribution in [0.25, 0.3) is 0 Å². The molecule has 0 unspecified atom stereocenters. The zero-order valence-corrected chi connectivity index (χ0v) is 22.2. The molecule has 1 amide bonds. The molecule has 0 fully saturated rings. The van der Waals surface area contributed by atoms with Crippen LogP contribution < -0.4 is 25.4 Å². The molecule has 2 aromatic rings. The molecule has 0 atom stereocenters. The Morgan fingerprint density at radius 2 is 1.70 bits per heavy atom. The van der Waals surface area contributed by atoms with Gasteiger partial charge in [-0.3, -0.25) is 4.79 Å². The molecule has 33 heavy (non-hydrogen) atoms. The normalized spacial score (nSPS) is 10.7. The lowest BCUT2D eigenvalue weighted by Crippen LogP contribution is -2.39. The highest BCUT2D eigenvalue weighted by Gasteiger charge is 2.06. The fourth-order valence-electron chi connectivity index (χ4n) is 3.18. The van der Waals surface area contributed by atoms with Gasteiger partial charge in [-0.15, -0.1) is 24.0 Å². The Labute approximate surface area is 214 Å². The molecule has 0 bridgehead atoms. The number of benzene rings is 2. The first-order valence-corrected chi connectivity index (χ1v) is 11.3. The van der Waals surface area contributed by atoms with E-state index in [2.05, 4.69) is 39.1 Å². The quantitative estimate of drug-likeness (QED) is 0.149. The molecule has 0 aliphatic heterocycles.